The second kappa shape index (κ2) is 6.73. The molecule has 120 valence electrons. The molecule has 1 aliphatic rings. The zero-order chi connectivity index (χ0) is 16.3. The lowest BCUT2D eigenvalue weighted by Crippen LogP contribution is -2.54. The lowest BCUT2D eigenvalue weighted by Gasteiger charge is -2.34. The largest absolute Gasteiger partial charge is 0.337 e. The van der Waals surface area contributed by atoms with Crippen LogP contribution in [0, 0.1) is 17.2 Å². The van der Waals surface area contributed by atoms with Crippen LogP contribution in [-0.2, 0) is 14.8 Å². The van der Waals surface area contributed by atoms with E-state index in [1.165, 1.54) is 10.6 Å². The van der Waals surface area contributed by atoms with Gasteiger partial charge in [-0.3, -0.25) is 9.69 Å². The highest BCUT2D eigenvalue weighted by Crippen LogP contribution is 2.15. The van der Waals surface area contributed by atoms with E-state index in [0.29, 0.717) is 26.2 Å². The number of carbonyl (C=O) groups excluding carboxylic acids is 1. The highest BCUT2D eigenvalue weighted by Gasteiger charge is 2.31. The normalized spacial score (nSPS) is 20.8. The molecule has 0 bridgehead atoms. The van der Waals surface area contributed by atoms with Crippen LogP contribution in [0.1, 0.15) is 20.8 Å². The molecule has 1 saturated heterocycles. The maximum atomic E-state index is 12.0. The monoisotopic (exact) mass is 316 g/mol. The Bertz CT molecular complexity index is 518. The fourth-order valence-corrected chi connectivity index (χ4v) is 2.88. The van der Waals surface area contributed by atoms with Crippen molar-refractivity contribution in [3.8, 4) is 6.07 Å². The third-order valence-electron chi connectivity index (χ3n) is 3.95. The zero-order valence-electron chi connectivity index (χ0n) is 13.1. The highest BCUT2D eigenvalue weighted by atomic mass is 32.2. The summed E-state index contributed by atoms with van der Waals surface area (Å²) in [6.45, 7) is 7.48. The predicted octanol–water partition coefficient (Wildman–Crippen LogP) is -0.382. The number of rotatable bonds is 5. The van der Waals surface area contributed by atoms with Crippen molar-refractivity contribution in [1.82, 2.24) is 14.5 Å². The van der Waals surface area contributed by atoms with Gasteiger partial charge in [0, 0.05) is 26.2 Å². The molecule has 0 spiro atoms. The molecule has 0 aromatic carbocycles. The average molecular weight is 316 g/mol. The standard InChI is InChI=1S/C13H24N4O3S/c1-11(2)13(3,10-14)15-12(18)9-16-5-7-17(8-6-16)21(4,19)20/h11H,5-9H2,1-4H3,(H,15,18). The summed E-state index contributed by atoms with van der Waals surface area (Å²) in [5.41, 5.74) is -0.883. The molecule has 1 rings (SSSR count). The summed E-state index contributed by atoms with van der Waals surface area (Å²) in [5, 5.41) is 11.9. The van der Waals surface area contributed by atoms with E-state index >= 15 is 0 Å². The number of hydrogen-bond acceptors (Lipinski definition) is 5. The summed E-state index contributed by atoms with van der Waals surface area (Å²) in [6.07, 6.45) is 1.19. The van der Waals surface area contributed by atoms with Crippen molar-refractivity contribution in [2.75, 3.05) is 39.0 Å². The van der Waals surface area contributed by atoms with Gasteiger partial charge >= 0.3 is 0 Å². The van der Waals surface area contributed by atoms with Gasteiger partial charge < -0.3 is 5.32 Å². The fourth-order valence-electron chi connectivity index (χ4n) is 2.05. The van der Waals surface area contributed by atoms with Crippen LogP contribution >= 0.6 is 0 Å². The van der Waals surface area contributed by atoms with E-state index in [-0.39, 0.29) is 18.4 Å². The molecule has 7 nitrogen and oxygen atoms in total. The van der Waals surface area contributed by atoms with Crippen LogP contribution in [0.5, 0.6) is 0 Å². The van der Waals surface area contributed by atoms with Gasteiger partial charge in [0.15, 0.2) is 0 Å². The van der Waals surface area contributed by atoms with E-state index in [2.05, 4.69) is 11.4 Å². The zero-order valence-corrected chi connectivity index (χ0v) is 13.9. The van der Waals surface area contributed by atoms with E-state index in [9.17, 15) is 18.5 Å². The van der Waals surface area contributed by atoms with Crippen molar-refractivity contribution < 1.29 is 13.2 Å². The minimum atomic E-state index is -3.16. The van der Waals surface area contributed by atoms with Gasteiger partial charge in [-0.25, -0.2) is 8.42 Å². The Kier molecular flexibility index (Phi) is 5.73. The van der Waals surface area contributed by atoms with E-state index in [1.54, 1.807) is 6.92 Å². The predicted molar refractivity (Wildman–Crippen MR) is 79.9 cm³/mol. The molecule has 1 amide bonds. The molecule has 8 heteroatoms. The molecule has 0 aromatic rings. The molecule has 1 atom stereocenters. The molecule has 1 fully saturated rings. The van der Waals surface area contributed by atoms with Crippen molar-refractivity contribution in [3.05, 3.63) is 0 Å². The van der Waals surface area contributed by atoms with E-state index < -0.39 is 15.6 Å². The third-order valence-corrected chi connectivity index (χ3v) is 5.26. The SMILES string of the molecule is CC(C)C(C)(C#N)NC(=O)CN1CCN(S(C)(=O)=O)CC1. The van der Waals surface area contributed by atoms with Crippen LogP contribution in [0.3, 0.4) is 0 Å². The van der Waals surface area contributed by atoms with Crippen molar-refractivity contribution in [2.24, 2.45) is 5.92 Å². The van der Waals surface area contributed by atoms with Gasteiger partial charge in [0.1, 0.15) is 5.54 Å². The maximum absolute atomic E-state index is 12.0. The third kappa shape index (κ3) is 4.95. The lowest BCUT2D eigenvalue weighted by molar-refractivity contribution is -0.124. The van der Waals surface area contributed by atoms with Gasteiger partial charge in [-0.2, -0.15) is 9.57 Å². The van der Waals surface area contributed by atoms with Crippen LogP contribution in [0.2, 0.25) is 0 Å². The van der Waals surface area contributed by atoms with Crippen molar-refractivity contribution in [2.45, 2.75) is 26.3 Å². The number of amides is 1. The molecule has 1 heterocycles. The first-order chi connectivity index (χ1) is 9.58. The molecule has 0 saturated carbocycles. The van der Waals surface area contributed by atoms with Crippen molar-refractivity contribution in [3.63, 3.8) is 0 Å². The van der Waals surface area contributed by atoms with Gasteiger partial charge in [0.05, 0.1) is 18.9 Å². The first kappa shape index (κ1) is 17.9. The Morgan fingerprint density at radius 1 is 1.33 bits per heavy atom. The van der Waals surface area contributed by atoms with Crippen LogP contribution in [0.15, 0.2) is 0 Å². The topological polar surface area (TPSA) is 93.5 Å². The van der Waals surface area contributed by atoms with Gasteiger partial charge in [-0.1, -0.05) is 13.8 Å². The fraction of sp³-hybridized carbons (Fsp3) is 0.846. The summed E-state index contributed by atoms with van der Waals surface area (Å²) in [4.78, 5) is 13.9. The number of nitrogens with zero attached hydrogens (tertiary/aromatic N) is 3. The van der Waals surface area contributed by atoms with Crippen molar-refractivity contribution in [1.29, 1.82) is 5.26 Å². The highest BCUT2D eigenvalue weighted by molar-refractivity contribution is 7.88. The van der Waals surface area contributed by atoms with Gasteiger partial charge in [0.25, 0.3) is 0 Å². The average Bonchev–Trinajstić information content (AvgIpc) is 2.37. The summed E-state index contributed by atoms with van der Waals surface area (Å²) in [5.74, 6) is -0.200. The molecule has 1 N–H and O–H groups in total. The smallest absolute Gasteiger partial charge is 0.235 e. The molecule has 0 aliphatic carbocycles. The van der Waals surface area contributed by atoms with Gasteiger partial charge in [-0.15, -0.1) is 0 Å². The quantitative estimate of drug-likeness (QED) is 0.746. The Labute approximate surface area is 126 Å². The number of hydrogen-bond donors (Lipinski definition) is 1. The van der Waals surface area contributed by atoms with Crippen LogP contribution < -0.4 is 5.32 Å². The van der Waals surface area contributed by atoms with Crippen LogP contribution in [0.25, 0.3) is 0 Å². The second-order valence-corrected chi connectivity index (χ2v) is 7.94. The lowest BCUT2D eigenvalue weighted by atomic mass is 9.90. The molecule has 1 unspecified atom stereocenters. The van der Waals surface area contributed by atoms with Gasteiger partial charge in [0.2, 0.25) is 15.9 Å². The number of nitrogens with one attached hydrogen (secondary N) is 1. The van der Waals surface area contributed by atoms with E-state index in [0.717, 1.165) is 0 Å². The Hall–Kier alpha value is -1.17. The number of nitriles is 1. The van der Waals surface area contributed by atoms with Crippen LogP contribution in [0.4, 0.5) is 0 Å². The van der Waals surface area contributed by atoms with Gasteiger partial charge in [-0.05, 0) is 12.8 Å². The molecule has 0 aromatic heterocycles. The molecule has 0 radical (unpaired) electrons. The van der Waals surface area contributed by atoms with E-state index in [4.69, 9.17) is 0 Å². The summed E-state index contributed by atoms with van der Waals surface area (Å²) < 4.78 is 24.2. The Morgan fingerprint density at radius 2 is 1.86 bits per heavy atom. The number of sulfonamides is 1. The summed E-state index contributed by atoms with van der Waals surface area (Å²) in [6, 6.07) is 2.13. The second-order valence-electron chi connectivity index (χ2n) is 5.96. The number of carbonyl (C=O) groups is 1. The number of piperazine rings is 1. The van der Waals surface area contributed by atoms with Crippen LogP contribution in [-0.4, -0.2) is 68.0 Å². The molecular formula is C13H24N4O3S. The molecule has 21 heavy (non-hydrogen) atoms. The molecule has 1 aliphatic heterocycles. The first-order valence-corrected chi connectivity index (χ1v) is 8.83. The minimum Gasteiger partial charge on any atom is -0.337 e. The van der Waals surface area contributed by atoms with Crippen molar-refractivity contribution >= 4 is 15.9 Å². The minimum absolute atomic E-state index is 0.00790. The molecular weight excluding hydrogens is 292 g/mol. The Morgan fingerprint density at radius 3 is 2.24 bits per heavy atom. The Balaban J connectivity index is 2.50. The summed E-state index contributed by atoms with van der Waals surface area (Å²) in [7, 11) is -3.16. The first-order valence-electron chi connectivity index (χ1n) is 6.98. The maximum Gasteiger partial charge on any atom is 0.235 e. The summed E-state index contributed by atoms with van der Waals surface area (Å²) >= 11 is 0. The van der Waals surface area contributed by atoms with E-state index in [1.807, 2.05) is 18.7 Å².